The fraction of sp³-hybridized carbons (Fsp3) is 0.125. The normalized spacial score (nSPS) is 10.6. The maximum atomic E-state index is 11.9. The molecule has 8 heteroatoms. The first-order chi connectivity index (χ1) is 7.37. The minimum Gasteiger partial charge on any atom is -0.403 e. The van der Waals surface area contributed by atoms with Gasteiger partial charge in [-0.25, -0.2) is 4.98 Å². The third kappa shape index (κ3) is 2.60. The number of rotatable bonds is 2. The van der Waals surface area contributed by atoms with E-state index in [2.05, 4.69) is 9.72 Å². The monoisotopic (exact) mass is 231 g/mol. The lowest BCUT2D eigenvalue weighted by molar-refractivity contribution is -0.274. The van der Waals surface area contributed by atoms with E-state index in [1.54, 1.807) is 0 Å². The van der Waals surface area contributed by atoms with Crippen LogP contribution < -0.4 is 10.5 Å². The number of nitrogens with zero attached hydrogens (tertiary/aromatic N) is 2. The molecular weight excluding hydrogens is 227 g/mol. The van der Waals surface area contributed by atoms with E-state index in [0.717, 1.165) is 0 Å². The smallest absolute Gasteiger partial charge is 0.403 e. The summed E-state index contributed by atoms with van der Waals surface area (Å²) in [6.07, 6.45) is -4.92. The summed E-state index contributed by atoms with van der Waals surface area (Å²) in [5, 5.41) is 8.51. The number of alkyl halides is 3. The van der Waals surface area contributed by atoms with Crippen LogP contribution in [0.4, 0.5) is 19.0 Å². The van der Waals surface area contributed by atoms with Crippen LogP contribution >= 0.6 is 0 Å². The number of ether oxygens (including phenoxy) is 1. The maximum Gasteiger partial charge on any atom is 0.573 e. The summed E-state index contributed by atoms with van der Waals surface area (Å²) in [6.45, 7) is 0. The van der Waals surface area contributed by atoms with Gasteiger partial charge in [0.2, 0.25) is 0 Å². The Hall–Kier alpha value is -2.30. The van der Waals surface area contributed by atoms with Crippen LogP contribution in [0.1, 0.15) is 16.1 Å². The molecule has 5 nitrogen and oxygen atoms in total. The Balaban J connectivity index is 3.27. The summed E-state index contributed by atoms with van der Waals surface area (Å²) in [5.74, 6) is -1.19. The summed E-state index contributed by atoms with van der Waals surface area (Å²) in [4.78, 5) is 13.7. The van der Waals surface area contributed by atoms with Gasteiger partial charge in [0.15, 0.2) is 12.0 Å². The van der Waals surface area contributed by atoms with Crippen LogP contribution in [-0.2, 0) is 0 Å². The molecule has 0 saturated carbocycles. The van der Waals surface area contributed by atoms with E-state index in [-0.39, 0.29) is 17.7 Å². The Labute approximate surface area is 87.3 Å². The molecule has 1 rings (SSSR count). The van der Waals surface area contributed by atoms with Crippen molar-refractivity contribution in [1.82, 2.24) is 4.98 Å². The largest absolute Gasteiger partial charge is 0.573 e. The lowest BCUT2D eigenvalue weighted by Gasteiger charge is -2.10. The molecule has 1 aromatic rings. The Bertz CT molecular complexity index is 465. The average Bonchev–Trinajstić information content (AvgIpc) is 2.18. The summed E-state index contributed by atoms with van der Waals surface area (Å²) >= 11 is 0. The Morgan fingerprint density at radius 1 is 1.56 bits per heavy atom. The van der Waals surface area contributed by atoms with Crippen molar-refractivity contribution in [3.63, 3.8) is 0 Å². The number of aldehydes is 1. The zero-order valence-corrected chi connectivity index (χ0v) is 7.58. The molecule has 0 aliphatic carbocycles. The number of carbonyl (C=O) groups excluding carboxylic acids is 1. The van der Waals surface area contributed by atoms with Crippen LogP contribution in [0, 0.1) is 11.3 Å². The molecule has 0 aromatic carbocycles. The van der Waals surface area contributed by atoms with Gasteiger partial charge in [0, 0.05) is 6.07 Å². The average molecular weight is 231 g/mol. The summed E-state index contributed by atoms with van der Waals surface area (Å²) in [6, 6.07) is 2.23. The summed E-state index contributed by atoms with van der Waals surface area (Å²) in [7, 11) is 0. The highest BCUT2D eigenvalue weighted by atomic mass is 19.4. The first kappa shape index (κ1) is 11.8. The highest BCUT2D eigenvalue weighted by Crippen LogP contribution is 2.27. The van der Waals surface area contributed by atoms with Crippen molar-refractivity contribution < 1.29 is 22.7 Å². The molecule has 0 aliphatic heterocycles. The second-order valence-corrected chi connectivity index (χ2v) is 2.58. The predicted molar refractivity (Wildman–Crippen MR) is 45.4 cm³/mol. The molecule has 0 spiro atoms. The number of hydrogen-bond acceptors (Lipinski definition) is 5. The number of pyridine rings is 1. The molecule has 0 radical (unpaired) electrons. The molecule has 2 N–H and O–H groups in total. The van der Waals surface area contributed by atoms with Crippen LogP contribution in [0.3, 0.4) is 0 Å². The van der Waals surface area contributed by atoms with E-state index in [4.69, 9.17) is 11.0 Å². The zero-order valence-electron chi connectivity index (χ0n) is 7.58. The highest BCUT2D eigenvalue weighted by Gasteiger charge is 2.32. The number of nitrogen functional groups attached to an aromatic ring is 1. The SMILES string of the molecule is N#Cc1cc(OC(F)(F)F)c(C=O)nc1N. The molecule has 0 saturated heterocycles. The van der Waals surface area contributed by atoms with Gasteiger partial charge in [-0.1, -0.05) is 0 Å². The highest BCUT2D eigenvalue weighted by molar-refractivity contribution is 5.78. The van der Waals surface area contributed by atoms with E-state index in [1.807, 2.05) is 0 Å². The fourth-order valence-corrected chi connectivity index (χ4v) is 0.904. The van der Waals surface area contributed by atoms with Crippen LogP contribution in [0.25, 0.3) is 0 Å². The number of nitriles is 1. The number of hydrogen-bond donors (Lipinski definition) is 1. The fourth-order valence-electron chi connectivity index (χ4n) is 0.904. The van der Waals surface area contributed by atoms with Gasteiger partial charge in [0.1, 0.15) is 17.6 Å². The minimum atomic E-state index is -4.97. The Morgan fingerprint density at radius 3 is 2.62 bits per heavy atom. The molecule has 0 unspecified atom stereocenters. The topological polar surface area (TPSA) is 89.0 Å². The van der Waals surface area contributed by atoms with Crippen molar-refractivity contribution in [2.45, 2.75) is 6.36 Å². The Morgan fingerprint density at radius 2 is 2.19 bits per heavy atom. The van der Waals surface area contributed by atoms with Crippen LogP contribution in [0.2, 0.25) is 0 Å². The van der Waals surface area contributed by atoms with E-state index in [0.29, 0.717) is 6.07 Å². The van der Waals surface area contributed by atoms with Crippen molar-refractivity contribution in [3.05, 3.63) is 17.3 Å². The summed E-state index contributed by atoms with van der Waals surface area (Å²) in [5.41, 5.74) is 4.29. The number of nitrogens with two attached hydrogens (primary N) is 1. The lowest BCUT2D eigenvalue weighted by Crippen LogP contribution is -2.19. The van der Waals surface area contributed by atoms with E-state index >= 15 is 0 Å². The molecule has 0 aliphatic rings. The van der Waals surface area contributed by atoms with Crippen molar-refractivity contribution >= 4 is 12.1 Å². The van der Waals surface area contributed by atoms with Crippen LogP contribution in [0.5, 0.6) is 5.75 Å². The first-order valence-electron chi connectivity index (χ1n) is 3.79. The molecule has 0 bridgehead atoms. The van der Waals surface area contributed by atoms with Gasteiger partial charge in [0.05, 0.1) is 5.56 Å². The quantitative estimate of drug-likeness (QED) is 0.773. The molecule has 0 amide bonds. The van der Waals surface area contributed by atoms with Gasteiger partial charge in [-0.15, -0.1) is 13.2 Å². The van der Waals surface area contributed by atoms with Gasteiger partial charge in [0.25, 0.3) is 0 Å². The molecule has 84 valence electrons. The molecule has 0 fully saturated rings. The van der Waals surface area contributed by atoms with Crippen molar-refractivity contribution in [2.24, 2.45) is 0 Å². The second-order valence-electron chi connectivity index (χ2n) is 2.58. The molecule has 16 heavy (non-hydrogen) atoms. The van der Waals surface area contributed by atoms with Gasteiger partial charge >= 0.3 is 6.36 Å². The number of aromatic nitrogens is 1. The third-order valence-electron chi connectivity index (χ3n) is 1.50. The maximum absolute atomic E-state index is 11.9. The second kappa shape index (κ2) is 4.06. The van der Waals surface area contributed by atoms with Crippen molar-refractivity contribution in [2.75, 3.05) is 5.73 Å². The minimum absolute atomic E-state index is 0.0542. The standard InChI is InChI=1S/C8H4F3N3O2/c9-8(10,11)16-6-1-4(2-12)7(13)14-5(6)3-15/h1,3H,(H2,13,14). The van der Waals surface area contributed by atoms with Gasteiger partial charge in [-0.05, 0) is 0 Å². The zero-order chi connectivity index (χ0) is 12.3. The number of anilines is 1. The van der Waals surface area contributed by atoms with Gasteiger partial charge in [-0.2, -0.15) is 5.26 Å². The van der Waals surface area contributed by atoms with Crippen molar-refractivity contribution in [1.29, 1.82) is 5.26 Å². The summed E-state index contributed by atoms with van der Waals surface area (Å²) < 4.78 is 39.3. The van der Waals surface area contributed by atoms with E-state index in [9.17, 15) is 18.0 Å². The first-order valence-corrected chi connectivity index (χ1v) is 3.79. The lowest BCUT2D eigenvalue weighted by atomic mass is 10.2. The molecule has 1 aromatic heterocycles. The van der Waals surface area contributed by atoms with Crippen molar-refractivity contribution in [3.8, 4) is 11.8 Å². The van der Waals surface area contributed by atoms with Gasteiger partial charge < -0.3 is 10.5 Å². The number of halogens is 3. The predicted octanol–water partition coefficient (Wildman–Crippen LogP) is 1.25. The molecular formula is C8H4F3N3O2. The molecule has 0 atom stereocenters. The number of carbonyl (C=O) groups is 1. The van der Waals surface area contributed by atoms with E-state index in [1.165, 1.54) is 6.07 Å². The Kier molecular flexibility index (Phi) is 2.99. The molecule has 1 heterocycles. The van der Waals surface area contributed by atoms with Gasteiger partial charge in [-0.3, -0.25) is 4.79 Å². The third-order valence-corrected chi connectivity index (χ3v) is 1.50. The van der Waals surface area contributed by atoms with Crippen LogP contribution in [0.15, 0.2) is 6.07 Å². The van der Waals surface area contributed by atoms with E-state index < -0.39 is 17.8 Å². The van der Waals surface area contributed by atoms with Crippen LogP contribution in [-0.4, -0.2) is 17.6 Å².